The summed E-state index contributed by atoms with van der Waals surface area (Å²) in [6, 6.07) is 9.50. The minimum Gasteiger partial charge on any atom is -0.352 e. The minimum absolute atomic E-state index is 0.192. The van der Waals surface area contributed by atoms with Crippen molar-refractivity contribution < 1.29 is 18.0 Å². The molecule has 0 unspecified atom stereocenters. The van der Waals surface area contributed by atoms with Gasteiger partial charge in [0, 0.05) is 36.3 Å². The van der Waals surface area contributed by atoms with Crippen LogP contribution in [0.2, 0.25) is 0 Å². The van der Waals surface area contributed by atoms with Gasteiger partial charge in [-0.1, -0.05) is 6.42 Å². The van der Waals surface area contributed by atoms with Crippen LogP contribution in [0.25, 0.3) is 22.2 Å². The van der Waals surface area contributed by atoms with Gasteiger partial charge in [0.1, 0.15) is 17.5 Å². The third kappa shape index (κ3) is 4.85. The molecule has 5 rings (SSSR count). The van der Waals surface area contributed by atoms with Crippen LogP contribution in [-0.4, -0.2) is 20.4 Å². The van der Waals surface area contributed by atoms with Crippen molar-refractivity contribution in [2.75, 3.05) is 0 Å². The number of benzene rings is 2. The molecule has 0 spiro atoms. The number of carbonyl (C=O) groups excluding carboxylic acids is 1. The Balaban J connectivity index is 0.000000158. The molecule has 0 bridgehead atoms. The fraction of sp³-hybridized carbons (Fsp3) is 0.250. The first-order valence-corrected chi connectivity index (χ1v) is 10.4. The summed E-state index contributed by atoms with van der Waals surface area (Å²) in [4.78, 5) is 18.3. The SMILES string of the molecule is Cn1cncc1CNC(=O)C1CCC1.Fc1ccc(-c2cc3cc(F)cc(F)c3[nH]2)cc1. The zero-order chi connectivity index (χ0) is 22.7. The van der Waals surface area contributed by atoms with Crippen molar-refractivity contribution in [2.45, 2.75) is 25.8 Å². The van der Waals surface area contributed by atoms with Crippen molar-refractivity contribution in [3.63, 3.8) is 0 Å². The van der Waals surface area contributed by atoms with Gasteiger partial charge in [-0.3, -0.25) is 4.79 Å². The molecule has 32 heavy (non-hydrogen) atoms. The Kier molecular flexibility index (Phi) is 6.30. The molecule has 5 nitrogen and oxygen atoms in total. The fourth-order valence-electron chi connectivity index (χ4n) is 3.50. The number of halogens is 3. The van der Waals surface area contributed by atoms with Crippen molar-refractivity contribution in [1.29, 1.82) is 0 Å². The highest BCUT2D eigenvalue weighted by Crippen LogP contribution is 2.27. The molecule has 1 fully saturated rings. The molecular weight excluding hydrogens is 417 g/mol. The maximum Gasteiger partial charge on any atom is 0.223 e. The van der Waals surface area contributed by atoms with Crippen molar-refractivity contribution in [3.8, 4) is 11.3 Å². The number of aryl methyl sites for hydroxylation is 1. The summed E-state index contributed by atoms with van der Waals surface area (Å²) in [7, 11) is 1.93. The zero-order valence-corrected chi connectivity index (χ0v) is 17.5. The number of amides is 1. The monoisotopic (exact) mass is 440 g/mol. The van der Waals surface area contributed by atoms with E-state index in [2.05, 4.69) is 15.3 Å². The number of aromatic amines is 1. The van der Waals surface area contributed by atoms with Gasteiger partial charge in [0.15, 0.2) is 0 Å². The first-order valence-electron chi connectivity index (χ1n) is 10.4. The van der Waals surface area contributed by atoms with Crippen LogP contribution < -0.4 is 5.32 Å². The summed E-state index contributed by atoms with van der Waals surface area (Å²) in [5, 5.41) is 3.38. The largest absolute Gasteiger partial charge is 0.352 e. The number of carbonyl (C=O) groups is 1. The second kappa shape index (κ2) is 9.30. The molecule has 0 saturated heterocycles. The van der Waals surface area contributed by atoms with Crippen molar-refractivity contribution in [1.82, 2.24) is 19.9 Å². The number of nitrogens with zero attached hydrogens (tertiary/aromatic N) is 2. The number of fused-ring (bicyclic) bond motifs is 1. The van der Waals surface area contributed by atoms with Crippen LogP contribution in [-0.2, 0) is 18.4 Å². The lowest BCUT2D eigenvalue weighted by Crippen LogP contribution is -2.34. The van der Waals surface area contributed by atoms with Gasteiger partial charge < -0.3 is 14.9 Å². The standard InChI is InChI=1S/C14H8F3N.C10H15N3O/c15-10-3-1-8(2-4-10)13-6-9-5-11(16)7-12(17)14(9)18-13;1-13-7-11-5-9(13)6-12-10(14)8-3-2-4-8/h1-7,18H;5,7-8H,2-4,6H2,1H3,(H,12,14). The second-order valence-corrected chi connectivity index (χ2v) is 7.88. The minimum atomic E-state index is -0.640. The molecule has 166 valence electrons. The molecule has 4 aromatic rings. The van der Waals surface area contributed by atoms with E-state index in [1.807, 2.05) is 11.6 Å². The van der Waals surface area contributed by atoms with Crippen LogP contribution in [0.5, 0.6) is 0 Å². The molecular formula is C24H23F3N4O. The predicted octanol–water partition coefficient (Wildman–Crippen LogP) is 5.09. The Bertz CT molecular complexity index is 1230. The smallest absolute Gasteiger partial charge is 0.223 e. The van der Waals surface area contributed by atoms with Gasteiger partial charge >= 0.3 is 0 Å². The lowest BCUT2D eigenvalue weighted by atomic mass is 9.85. The molecule has 8 heteroatoms. The third-order valence-electron chi connectivity index (χ3n) is 5.64. The molecule has 2 aromatic carbocycles. The summed E-state index contributed by atoms with van der Waals surface area (Å²) < 4.78 is 41.3. The van der Waals surface area contributed by atoms with E-state index in [4.69, 9.17) is 0 Å². The maximum absolute atomic E-state index is 13.5. The summed E-state index contributed by atoms with van der Waals surface area (Å²) >= 11 is 0. The van der Waals surface area contributed by atoms with Crippen molar-refractivity contribution >= 4 is 16.8 Å². The third-order valence-corrected chi connectivity index (χ3v) is 5.64. The highest BCUT2D eigenvalue weighted by atomic mass is 19.1. The molecule has 1 aliphatic carbocycles. The number of nitrogens with one attached hydrogen (secondary N) is 2. The van der Waals surface area contributed by atoms with Gasteiger partial charge in [-0.15, -0.1) is 0 Å². The Labute approximate surface area is 183 Å². The van der Waals surface area contributed by atoms with Crippen molar-refractivity contribution in [3.05, 3.63) is 78.1 Å². The first kappa shape index (κ1) is 21.7. The molecule has 1 amide bonds. The van der Waals surface area contributed by atoms with E-state index in [9.17, 15) is 18.0 Å². The molecule has 1 aliphatic rings. The molecule has 2 N–H and O–H groups in total. The Morgan fingerprint density at radius 2 is 1.88 bits per heavy atom. The zero-order valence-electron chi connectivity index (χ0n) is 17.5. The Morgan fingerprint density at radius 1 is 1.12 bits per heavy atom. The number of aromatic nitrogens is 3. The average Bonchev–Trinajstić information content (AvgIpc) is 3.32. The Morgan fingerprint density at radius 3 is 2.50 bits per heavy atom. The number of rotatable bonds is 4. The number of hydrogen-bond donors (Lipinski definition) is 2. The van der Waals surface area contributed by atoms with Crippen LogP contribution in [0.1, 0.15) is 25.0 Å². The summed E-state index contributed by atoms with van der Waals surface area (Å²) in [6.45, 7) is 0.589. The van der Waals surface area contributed by atoms with E-state index < -0.39 is 11.6 Å². The first-order chi connectivity index (χ1) is 15.4. The second-order valence-electron chi connectivity index (χ2n) is 7.88. The topological polar surface area (TPSA) is 62.7 Å². The van der Waals surface area contributed by atoms with Gasteiger partial charge in [0.25, 0.3) is 0 Å². The highest BCUT2D eigenvalue weighted by Gasteiger charge is 2.24. The molecule has 2 aromatic heterocycles. The van der Waals surface area contributed by atoms with Gasteiger partial charge in [0.2, 0.25) is 5.91 Å². The molecule has 0 radical (unpaired) electrons. The Hall–Kier alpha value is -3.55. The highest BCUT2D eigenvalue weighted by molar-refractivity contribution is 5.86. The van der Waals surface area contributed by atoms with Crippen LogP contribution in [0, 0.1) is 23.4 Å². The summed E-state index contributed by atoms with van der Waals surface area (Å²) in [5.41, 5.74) is 2.62. The normalized spacial score (nSPS) is 13.4. The van der Waals surface area contributed by atoms with E-state index in [-0.39, 0.29) is 23.2 Å². The average molecular weight is 440 g/mol. The lowest BCUT2D eigenvalue weighted by molar-refractivity contribution is -0.127. The lowest BCUT2D eigenvalue weighted by Gasteiger charge is -2.23. The van der Waals surface area contributed by atoms with Crippen LogP contribution in [0.15, 0.2) is 55.0 Å². The van der Waals surface area contributed by atoms with Crippen LogP contribution in [0.3, 0.4) is 0 Å². The van der Waals surface area contributed by atoms with Crippen LogP contribution in [0.4, 0.5) is 13.2 Å². The van der Waals surface area contributed by atoms with E-state index in [1.165, 1.54) is 24.6 Å². The van der Waals surface area contributed by atoms with E-state index in [0.29, 0.717) is 23.2 Å². The fourth-order valence-corrected chi connectivity index (χ4v) is 3.50. The van der Waals surface area contributed by atoms with Gasteiger partial charge in [-0.25, -0.2) is 18.2 Å². The number of hydrogen-bond acceptors (Lipinski definition) is 2. The maximum atomic E-state index is 13.5. The molecule has 0 atom stereocenters. The van der Waals surface area contributed by atoms with E-state index >= 15 is 0 Å². The van der Waals surface area contributed by atoms with Gasteiger partial charge in [0.05, 0.1) is 24.1 Å². The summed E-state index contributed by atoms with van der Waals surface area (Å²) in [6.07, 6.45) is 6.82. The van der Waals surface area contributed by atoms with E-state index in [0.717, 1.165) is 24.6 Å². The molecule has 1 saturated carbocycles. The quantitative estimate of drug-likeness (QED) is 0.464. The summed E-state index contributed by atoms with van der Waals surface area (Å²) in [5.74, 6) is -1.14. The molecule has 0 aliphatic heterocycles. The number of H-pyrrole nitrogens is 1. The van der Waals surface area contributed by atoms with Crippen molar-refractivity contribution in [2.24, 2.45) is 13.0 Å². The molecule has 2 heterocycles. The van der Waals surface area contributed by atoms with E-state index in [1.54, 1.807) is 30.7 Å². The van der Waals surface area contributed by atoms with Gasteiger partial charge in [-0.05, 0) is 54.8 Å². The number of imidazole rings is 1. The van der Waals surface area contributed by atoms with Gasteiger partial charge in [-0.2, -0.15) is 0 Å². The predicted molar refractivity (Wildman–Crippen MR) is 116 cm³/mol. The van der Waals surface area contributed by atoms with Crippen LogP contribution >= 0.6 is 0 Å².